The van der Waals surface area contributed by atoms with Crippen LogP contribution in [0.5, 0.6) is 11.5 Å². The van der Waals surface area contributed by atoms with Crippen LogP contribution in [0.3, 0.4) is 0 Å². The van der Waals surface area contributed by atoms with E-state index in [0.29, 0.717) is 22.2 Å². The van der Waals surface area contributed by atoms with Gasteiger partial charge in [-0.2, -0.15) is 0 Å². The van der Waals surface area contributed by atoms with Crippen LogP contribution in [-0.4, -0.2) is 24.7 Å². The molecule has 0 spiro atoms. The quantitative estimate of drug-likeness (QED) is 0.900. The van der Waals surface area contributed by atoms with Crippen LogP contribution < -0.4 is 20.2 Å². The fourth-order valence-electron chi connectivity index (χ4n) is 2.43. The van der Waals surface area contributed by atoms with Crippen LogP contribution in [0, 0.1) is 13.8 Å². The normalized spacial score (nSPS) is 10.4. The van der Waals surface area contributed by atoms with Crippen LogP contribution in [0.15, 0.2) is 29.1 Å². The van der Waals surface area contributed by atoms with Gasteiger partial charge >= 0.3 is 0 Å². The van der Waals surface area contributed by atoms with Gasteiger partial charge in [0, 0.05) is 35.7 Å². The van der Waals surface area contributed by atoms with Gasteiger partial charge < -0.3 is 19.4 Å². The van der Waals surface area contributed by atoms with Gasteiger partial charge in [0.15, 0.2) is 5.43 Å². The van der Waals surface area contributed by atoms with E-state index in [9.17, 15) is 9.59 Å². The molecular weight excluding hydrogens is 332 g/mol. The van der Waals surface area contributed by atoms with E-state index >= 15 is 0 Å². The summed E-state index contributed by atoms with van der Waals surface area (Å²) >= 11 is 6.05. The van der Waals surface area contributed by atoms with E-state index in [4.69, 9.17) is 21.1 Å². The molecular formula is C17H19ClN2O4. The van der Waals surface area contributed by atoms with Crippen molar-refractivity contribution in [3.63, 3.8) is 0 Å². The van der Waals surface area contributed by atoms with Crippen LogP contribution in [0.1, 0.15) is 11.4 Å². The average molecular weight is 351 g/mol. The Morgan fingerprint density at radius 3 is 2.21 bits per heavy atom. The van der Waals surface area contributed by atoms with Crippen molar-refractivity contribution in [2.45, 2.75) is 20.4 Å². The molecule has 0 atom stereocenters. The molecule has 7 heteroatoms. The summed E-state index contributed by atoms with van der Waals surface area (Å²) in [5.41, 5.74) is 1.82. The highest BCUT2D eigenvalue weighted by Crippen LogP contribution is 2.35. The van der Waals surface area contributed by atoms with Crippen molar-refractivity contribution in [3.8, 4) is 11.5 Å². The van der Waals surface area contributed by atoms with Crippen molar-refractivity contribution in [3.05, 3.63) is 50.9 Å². The highest BCUT2D eigenvalue weighted by molar-refractivity contribution is 6.32. The number of amides is 1. The SMILES string of the molecule is COc1cc(NC(=O)Cn2c(C)cc(=O)cc2C)c(OC)cc1Cl. The number of aromatic nitrogens is 1. The number of hydrogen-bond acceptors (Lipinski definition) is 4. The third kappa shape index (κ3) is 3.89. The van der Waals surface area contributed by atoms with E-state index in [0.717, 1.165) is 11.4 Å². The number of pyridine rings is 1. The second-order valence-electron chi connectivity index (χ2n) is 5.30. The Bertz CT molecular complexity index is 804. The van der Waals surface area contributed by atoms with Gasteiger partial charge in [-0.15, -0.1) is 0 Å². The number of methoxy groups -OCH3 is 2. The smallest absolute Gasteiger partial charge is 0.244 e. The van der Waals surface area contributed by atoms with Crippen LogP contribution in [-0.2, 0) is 11.3 Å². The lowest BCUT2D eigenvalue weighted by atomic mass is 10.2. The number of nitrogens with zero attached hydrogens (tertiary/aromatic N) is 1. The predicted molar refractivity (Wildman–Crippen MR) is 93.4 cm³/mol. The van der Waals surface area contributed by atoms with Crippen molar-refractivity contribution < 1.29 is 14.3 Å². The number of anilines is 1. The summed E-state index contributed by atoms with van der Waals surface area (Å²) < 4.78 is 12.2. The molecule has 6 nitrogen and oxygen atoms in total. The van der Waals surface area contributed by atoms with E-state index in [1.165, 1.54) is 26.4 Å². The zero-order chi connectivity index (χ0) is 17.9. The second-order valence-corrected chi connectivity index (χ2v) is 5.70. The first kappa shape index (κ1) is 17.9. The van der Waals surface area contributed by atoms with Crippen molar-refractivity contribution in [1.82, 2.24) is 4.57 Å². The van der Waals surface area contributed by atoms with Crippen LogP contribution in [0.25, 0.3) is 0 Å². The van der Waals surface area contributed by atoms with Gasteiger partial charge in [-0.25, -0.2) is 0 Å². The number of halogens is 1. The minimum Gasteiger partial charge on any atom is -0.495 e. The zero-order valence-corrected chi connectivity index (χ0v) is 14.7. The molecule has 0 aliphatic rings. The molecule has 0 fully saturated rings. The maximum Gasteiger partial charge on any atom is 0.244 e. The maximum absolute atomic E-state index is 12.4. The van der Waals surface area contributed by atoms with Gasteiger partial charge in [-0.05, 0) is 13.8 Å². The number of hydrogen-bond donors (Lipinski definition) is 1. The first-order valence-electron chi connectivity index (χ1n) is 7.25. The molecule has 1 amide bonds. The lowest BCUT2D eigenvalue weighted by Gasteiger charge is -2.16. The van der Waals surface area contributed by atoms with Gasteiger partial charge in [0.2, 0.25) is 5.91 Å². The molecule has 1 heterocycles. The summed E-state index contributed by atoms with van der Waals surface area (Å²) in [6, 6.07) is 6.16. The Hall–Kier alpha value is -2.47. The number of nitrogens with one attached hydrogen (secondary N) is 1. The molecule has 24 heavy (non-hydrogen) atoms. The standard InChI is InChI=1S/C17H19ClN2O4/c1-10-5-12(21)6-11(2)20(10)9-17(22)19-14-8-15(23-3)13(18)7-16(14)24-4/h5-8H,9H2,1-4H3,(H,19,22). The van der Waals surface area contributed by atoms with Crippen molar-refractivity contribution >= 4 is 23.2 Å². The summed E-state index contributed by atoms with van der Waals surface area (Å²) in [6.07, 6.45) is 0. The van der Waals surface area contributed by atoms with E-state index in [2.05, 4.69) is 5.32 Å². The molecule has 1 aromatic heterocycles. The van der Waals surface area contributed by atoms with Gasteiger partial charge in [0.25, 0.3) is 0 Å². The lowest BCUT2D eigenvalue weighted by molar-refractivity contribution is -0.116. The minimum atomic E-state index is -0.257. The van der Waals surface area contributed by atoms with Crippen LogP contribution in [0.4, 0.5) is 5.69 Å². The summed E-state index contributed by atoms with van der Waals surface area (Å²) in [7, 11) is 2.98. The number of ether oxygens (including phenoxy) is 2. The molecule has 0 bridgehead atoms. The first-order chi connectivity index (χ1) is 11.3. The fraction of sp³-hybridized carbons (Fsp3) is 0.294. The molecule has 2 rings (SSSR count). The number of rotatable bonds is 5. The summed E-state index contributed by atoms with van der Waals surface area (Å²) in [4.78, 5) is 23.9. The third-order valence-electron chi connectivity index (χ3n) is 3.60. The molecule has 1 N–H and O–H groups in total. The summed E-state index contributed by atoms with van der Waals surface area (Å²) in [5, 5.41) is 3.17. The van der Waals surface area contributed by atoms with Gasteiger partial charge in [-0.1, -0.05) is 11.6 Å². The molecule has 0 unspecified atom stereocenters. The van der Waals surface area contributed by atoms with Gasteiger partial charge in [0.05, 0.1) is 24.9 Å². The Balaban J connectivity index is 2.26. The predicted octanol–water partition coefficient (Wildman–Crippen LogP) is 2.77. The first-order valence-corrected chi connectivity index (χ1v) is 7.63. The van der Waals surface area contributed by atoms with E-state index in [1.807, 2.05) is 0 Å². The molecule has 0 aliphatic heterocycles. The zero-order valence-electron chi connectivity index (χ0n) is 14.0. The topological polar surface area (TPSA) is 69.6 Å². The number of carbonyl (C=O) groups excluding carboxylic acids is 1. The molecule has 2 aromatic rings. The molecule has 128 valence electrons. The Kier molecular flexibility index (Phi) is 5.51. The highest BCUT2D eigenvalue weighted by atomic mass is 35.5. The molecule has 1 aromatic carbocycles. The molecule has 0 saturated carbocycles. The van der Waals surface area contributed by atoms with Gasteiger partial charge in [0.1, 0.15) is 18.0 Å². The van der Waals surface area contributed by atoms with E-state index in [-0.39, 0.29) is 17.9 Å². The monoisotopic (exact) mass is 350 g/mol. The second kappa shape index (κ2) is 7.40. The number of carbonyl (C=O) groups is 1. The maximum atomic E-state index is 12.4. The molecule has 0 aliphatic carbocycles. The minimum absolute atomic E-state index is 0.0754. The summed E-state index contributed by atoms with van der Waals surface area (Å²) in [5.74, 6) is 0.610. The number of aryl methyl sites for hydroxylation is 2. The van der Waals surface area contributed by atoms with Crippen LogP contribution in [0.2, 0.25) is 5.02 Å². The Labute approximate surface area is 145 Å². The third-order valence-corrected chi connectivity index (χ3v) is 3.90. The summed E-state index contributed by atoms with van der Waals surface area (Å²) in [6.45, 7) is 3.65. The van der Waals surface area contributed by atoms with E-state index in [1.54, 1.807) is 30.5 Å². The molecule has 0 radical (unpaired) electrons. The lowest BCUT2D eigenvalue weighted by Crippen LogP contribution is -2.23. The average Bonchev–Trinajstić information content (AvgIpc) is 2.52. The number of benzene rings is 1. The van der Waals surface area contributed by atoms with E-state index < -0.39 is 0 Å². The Morgan fingerprint density at radius 1 is 1.08 bits per heavy atom. The molecule has 0 saturated heterocycles. The fourth-order valence-corrected chi connectivity index (χ4v) is 2.66. The van der Waals surface area contributed by atoms with Crippen molar-refractivity contribution in [2.24, 2.45) is 0 Å². The van der Waals surface area contributed by atoms with Crippen molar-refractivity contribution in [1.29, 1.82) is 0 Å². The Morgan fingerprint density at radius 2 is 1.67 bits per heavy atom. The highest BCUT2D eigenvalue weighted by Gasteiger charge is 2.14. The van der Waals surface area contributed by atoms with Crippen molar-refractivity contribution in [2.75, 3.05) is 19.5 Å². The van der Waals surface area contributed by atoms with Gasteiger partial charge in [-0.3, -0.25) is 9.59 Å². The van der Waals surface area contributed by atoms with Crippen LogP contribution >= 0.6 is 11.6 Å². The largest absolute Gasteiger partial charge is 0.495 e.